The van der Waals surface area contributed by atoms with Crippen molar-refractivity contribution >= 4 is 28.6 Å². The minimum Gasteiger partial charge on any atom is -0.281 e. The van der Waals surface area contributed by atoms with Crippen LogP contribution in [0, 0.1) is 0 Å². The van der Waals surface area contributed by atoms with Gasteiger partial charge in [0.05, 0.1) is 5.92 Å². The van der Waals surface area contributed by atoms with E-state index in [1.165, 1.54) is 10.5 Å². The molecule has 0 amide bonds. The Hall–Kier alpha value is -0.470. The lowest BCUT2D eigenvalue weighted by atomic mass is 9.83. The van der Waals surface area contributed by atoms with Crippen LogP contribution in [0.3, 0.4) is 0 Å². The maximum Gasteiger partial charge on any atom is 0.229 e. The second-order valence-corrected chi connectivity index (χ2v) is 5.00. The summed E-state index contributed by atoms with van der Waals surface area (Å²) >= 11 is 7.38. The van der Waals surface area contributed by atoms with Crippen LogP contribution in [0.4, 0.5) is 0 Å². The zero-order chi connectivity index (χ0) is 10.8. The van der Waals surface area contributed by atoms with Gasteiger partial charge in [-0.2, -0.15) is 0 Å². The van der Waals surface area contributed by atoms with Gasteiger partial charge >= 0.3 is 0 Å². The van der Waals surface area contributed by atoms with Crippen molar-refractivity contribution in [1.29, 1.82) is 0 Å². The van der Waals surface area contributed by atoms with E-state index in [4.69, 9.17) is 11.6 Å². The standard InChI is InChI=1S/C12H13ClOS/c1-15-11-7-3-4-8-9(11)5-2-6-10(8)12(13)14/h3-4,7,10H,2,5-6H2,1H3. The van der Waals surface area contributed by atoms with Gasteiger partial charge in [0.25, 0.3) is 0 Å². The lowest BCUT2D eigenvalue weighted by molar-refractivity contribution is -0.113. The molecule has 1 nitrogen and oxygen atoms in total. The molecule has 3 heteroatoms. The number of fused-ring (bicyclic) bond motifs is 1. The third-order valence-corrected chi connectivity index (χ3v) is 4.04. The van der Waals surface area contributed by atoms with Gasteiger partial charge in [0.1, 0.15) is 0 Å². The minimum absolute atomic E-state index is 0.0810. The molecule has 0 spiro atoms. The molecule has 2 rings (SSSR count). The van der Waals surface area contributed by atoms with Crippen molar-refractivity contribution in [3.8, 4) is 0 Å². The number of carbonyl (C=O) groups excluding carboxylic acids is 1. The number of halogens is 1. The lowest BCUT2D eigenvalue weighted by Crippen LogP contribution is -2.15. The van der Waals surface area contributed by atoms with E-state index in [-0.39, 0.29) is 11.2 Å². The Morgan fingerprint density at radius 2 is 2.33 bits per heavy atom. The molecule has 0 aliphatic heterocycles. The fourth-order valence-corrected chi connectivity index (χ4v) is 3.15. The molecule has 1 unspecified atom stereocenters. The smallest absolute Gasteiger partial charge is 0.229 e. The summed E-state index contributed by atoms with van der Waals surface area (Å²) < 4.78 is 0. The molecule has 1 aliphatic rings. The average Bonchev–Trinajstić information content (AvgIpc) is 2.27. The third kappa shape index (κ3) is 2.06. The first-order chi connectivity index (χ1) is 7.24. The molecule has 0 N–H and O–H groups in total. The van der Waals surface area contributed by atoms with Crippen molar-refractivity contribution in [3.05, 3.63) is 29.3 Å². The monoisotopic (exact) mass is 240 g/mol. The van der Waals surface area contributed by atoms with E-state index >= 15 is 0 Å². The van der Waals surface area contributed by atoms with E-state index in [1.807, 2.05) is 12.1 Å². The number of rotatable bonds is 2. The molecular formula is C12H13ClOS. The average molecular weight is 241 g/mol. The Morgan fingerprint density at radius 1 is 1.53 bits per heavy atom. The van der Waals surface area contributed by atoms with Crippen molar-refractivity contribution in [2.24, 2.45) is 0 Å². The number of hydrogen-bond donors (Lipinski definition) is 0. The van der Waals surface area contributed by atoms with E-state index in [9.17, 15) is 4.79 Å². The summed E-state index contributed by atoms with van der Waals surface area (Å²) in [5.41, 5.74) is 2.48. The van der Waals surface area contributed by atoms with E-state index in [2.05, 4.69) is 12.3 Å². The maximum absolute atomic E-state index is 11.3. The molecule has 1 aromatic carbocycles. The largest absolute Gasteiger partial charge is 0.281 e. The highest BCUT2D eigenvalue weighted by Gasteiger charge is 2.26. The van der Waals surface area contributed by atoms with Gasteiger partial charge in [-0.15, -0.1) is 11.8 Å². The minimum atomic E-state index is -0.214. The topological polar surface area (TPSA) is 17.1 Å². The van der Waals surface area contributed by atoms with Gasteiger partial charge in [-0.25, -0.2) is 0 Å². The molecular weight excluding hydrogens is 228 g/mol. The molecule has 0 saturated heterocycles. The van der Waals surface area contributed by atoms with Gasteiger partial charge in [-0.3, -0.25) is 4.79 Å². The molecule has 1 aromatic rings. The van der Waals surface area contributed by atoms with Gasteiger partial charge in [-0.1, -0.05) is 12.1 Å². The molecule has 0 aromatic heterocycles. The fourth-order valence-electron chi connectivity index (χ4n) is 2.24. The van der Waals surface area contributed by atoms with E-state index in [0.29, 0.717) is 0 Å². The fraction of sp³-hybridized carbons (Fsp3) is 0.417. The first-order valence-electron chi connectivity index (χ1n) is 5.09. The summed E-state index contributed by atoms with van der Waals surface area (Å²) in [6, 6.07) is 6.17. The van der Waals surface area contributed by atoms with E-state index < -0.39 is 0 Å². The quantitative estimate of drug-likeness (QED) is 0.581. The van der Waals surface area contributed by atoms with Crippen LogP contribution in [0.1, 0.15) is 29.9 Å². The Kier molecular flexibility index (Phi) is 3.37. The van der Waals surface area contributed by atoms with Crippen molar-refractivity contribution in [2.75, 3.05) is 6.26 Å². The van der Waals surface area contributed by atoms with Crippen LogP contribution in [0.25, 0.3) is 0 Å². The molecule has 0 saturated carbocycles. The van der Waals surface area contributed by atoms with Gasteiger partial charge in [-0.05, 0) is 54.3 Å². The summed E-state index contributed by atoms with van der Waals surface area (Å²) in [4.78, 5) is 12.6. The van der Waals surface area contributed by atoms with Gasteiger partial charge in [0.2, 0.25) is 5.24 Å². The Labute approximate surface area is 99.2 Å². The lowest BCUT2D eigenvalue weighted by Gasteiger charge is -2.24. The SMILES string of the molecule is CSc1cccc2c1CCCC2C(=O)Cl. The summed E-state index contributed by atoms with van der Waals surface area (Å²) in [5.74, 6) is -0.0810. The Morgan fingerprint density at radius 3 is 3.00 bits per heavy atom. The molecule has 0 fully saturated rings. The summed E-state index contributed by atoms with van der Waals surface area (Å²) in [5, 5.41) is -0.214. The molecule has 1 atom stereocenters. The second kappa shape index (κ2) is 4.58. The first kappa shape index (κ1) is 11.0. The molecule has 0 bridgehead atoms. The summed E-state index contributed by atoms with van der Waals surface area (Å²) in [7, 11) is 0. The van der Waals surface area contributed by atoms with Gasteiger partial charge < -0.3 is 0 Å². The maximum atomic E-state index is 11.3. The highest BCUT2D eigenvalue weighted by atomic mass is 35.5. The molecule has 0 radical (unpaired) electrons. The van der Waals surface area contributed by atoms with E-state index in [0.717, 1.165) is 24.8 Å². The highest BCUT2D eigenvalue weighted by Crippen LogP contribution is 2.37. The highest BCUT2D eigenvalue weighted by molar-refractivity contribution is 7.98. The normalized spacial score (nSPS) is 19.7. The molecule has 15 heavy (non-hydrogen) atoms. The third-order valence-electron chi connectivity index (χ3n) is 2.96. The van der Waals surface area contributed by atoms with Crippen LogP contribution >= 0.6 is 23.4 Å². The predicted octanol–water partition coefficient (Wildman–Crippen LogP) is 3.59. The van der Waals surface area contributed by atoms with Crippen LogP contribution in [-0.4, -0.2) is 11.5 Å². The van der Waals surface area contributed by atoms with Crippen LogP contribution in [-0.2, 0) is 11.2 Å². The van der Waals surface area contributed by atoms with Crippen molar-refractivity contribution in [1.82, 2.24) is 0 Å². The van der Waals surface area contributed by atoms with Crippen LogP contribution in [0.2, 0.25) is 0 Å². The number of hydrogen-bond acceptors (Lipinski definition) is 2. The molecule has 80 valence electrons. The molecule has 0 heterocycles. The number of thioether (sulfide) groups is 1. The Bertz CT molecular complexity index is 389. The summed E-state index contributed by atoms with van der Waals surface area (Å²) in [6.07, 6.45) is 5.11. The zero-order valence-electron chi connectivity index (χ0n) is 8.63. The van der Waals surface area contributed by atoms with Crippen molar-refractivity contribution in [3.63, 3.8) is 0 Å². The van der Waals surface area contributed by atoms with Crippen LogP contribution in [0.5, 0.6) is 0 Å². The predicted molar refractivity (Wildman–Crippen MR) is 64.8 cm³/mol. The number of benzene rings is 1. The van der Waals surface area contributed by atoms with Crippen LogP contribution in [0.15, 0.2) is 23.1 Å². The van der Waals surface area contributed by atoms with Crippen molar-refractivity contribution < 1.29 is 4.79 Å². The van der Waals surface area contributed by atoms with Crippen molar-refractivity contribution in [2.45, 2.75) is 30.1 Å². The van der Waals surface area contributed by atoms with Crippen LogP contribution < -0.4 is 0 Å². The number of carbonyl (C=O) groups is 1. The first-order valence-corrected chi connectivity index (χ1v) is 6.69. The summed E-state index contributed by atoms with van der Waals surface area (Å²) in [6.45, 7) is 0. The van der Waals surface area contributed by atoms with Gasteiger partial charge in [0.15, 0.2) is 0 Å². The van der Waals surface area contributed by atoms with E-state index in [1.54, 1.807) is 11.8 Å². The molecule has 1 aliphatic carbocycles. The Balaban J connectivity index is 2.48. The zero-order valence-corrected chi connectivity index (χ0v) is 10.2. The second-order valence-electron chi connectivity index (χ2n) is 3.78. The van der Waals surface area contributed by atoms with Gasteiger partial charge in [0, 0.05) is 4.90 Å².